The highest BCUT2D eigenvalue weighted by molar-refractivity contribution is 5.82. The van der Waals surface area contributed by atoms with Crippen LogP contribution in [0.4, 0.5) is 0 Å². The highest BCUT2D eigenvalue weighted by atomic mass is 16.2. The molecule has 0 radical (unpaired) electrons. The Bertz CT molecular complexity index is 440. The third-order valence-corrected chi connectivity index (χ3v) is 4.08. The molecule has 0 aromatic heterocycles. The standard InChI is InChI=1S/C16H25N3O/c1-3-19(10-13-4-5-13)11-14-6-8-15(9-7-14)12(2)16(20)18-17/h6-9,12-13H,3-5,10-11,17H2,1-2H3,(H,18,20). The molecule has 0 bridgehead atoms. The Morgan fingerprint density at radius 3 is 2.55 bits per heavy atom. The number of carbonyl (C=O) groups is 1. The fourth-order valence-electron chi connectivity index (χ4n) is 2.42. The second kappa shape index (κ2) is 6.86. The SMILES string of the molecule is CCN(Cc1ccc(C(C)C(=O)NN)cc1)CC1CC1. The van der Waals surface area contributed by atoms with Crippen molar-refractivity contribution in [1.29, 1.82) is 0 Å². The summed E-state index contributed by atoms with van der Waals surface area (Å²) in [5, 5.41) is 0. The van der Waals surface area contributed by atoms with Gasteiger partial charge in [-0.3, -0.25) is 15.1 Å². The molecular formula is C16H25N3O. The van der Waals surface area contributed by atoms with E-state index >= 15 is 0 Å². The van der Waals surface area contributed by atoms with Crippen molar-refractivity contribution in [3.8, 4) is 0 Å². The molecule has 2 rings (SSSR count). The number of hydrogen-bond donors (Lipinski definition) is 2. The van der Waals surface area contributed by atoms with Gasteiger partial charge in [-0.05, 0) is 43.4 Å². The molecular weight excluding hydrogens is 250 g/mol. The van der Waals surface area contributed by atoms with Crippen LogP contribution in [0.3, 0.4) is 0 Å². The molecule has 4 heteroatoms. The van der Waals surface area contributed by atoms with Crippen LogP contribution in [0.2, 0.25) is 0 Å². The summed E-state index contributed by atoms with van der Waals surface area (Å²) >= 11 is 0. The van der Waals surface area contributed by atoms with E-state index in [4.69, 9.17) is 5.84 Å². The molecule has 0 aliphatic heterocycles. The average molecular weight is 275 g/mol. The van der Waals surface area contributed by atoms with E-state index in [0.29, 0.717) is 0 Å². The lowest BCUT2D eigenvalue weighted by molar-refractivity contribution is -0.122. The van der Waals surface area contributed by atoms with Crippen molar-refractivity contribution in [2.75, 3.05) is 13.1 Å². The Kier molecular flexibility index (Phi) is 5.15. The van der Waals surface area contributed by atoms with E-state index in [-0.39, 0.29) is 11.8 Å². The normalized spacial score (nSPS) is 16.2. The minimum atomic E-state index is -0.206. The smallest absolute Gasteiger partial charge is 0.241 e. The predicted molar refractivity (Wildman–Crippen MR) is 80.9 cm³/mol. The first-order chi connectivity index (χ1) is 9.63. The van der Waals surface area contributed by atoms with Crippen LogP contribution in [-0.4, -0.2) is 23.9 Å². The maximum absolute atomic E-state index is 11.5. The number of amides is 1. The van der Waals surface area contributed by atoms with Crippen molar-refractivity contribution in [2.45, 2.75) is 39.2 Å². The number of nitrogens with two attached hydrogens (primary N) is 1. The Hall–Kier alpha value is -1.39. The van der Waals surface area contributed by atoms with E-state index in [1.165, 1.54) is 24.9 Å². The van der Waals surface area contributed by atoms with Gasteiger partial charge in [0.15, 0.2) is 0 Å². The summed E-state index contributed by atoms with van der Waals surface area (Å²) < 4.78 is 0. The second-order valence-corrected chi connectivity index (χ2v) is 5.74. The Labute approximate surface area is 121 Å². The summed E-state index contributed by atoms with van der Waals surface area (Å²) in [6.45, 7) is 7.37. The third-order valence-electron chi connectivity index (χ3n) is 4.08. The van der Waals surface area contributed by atoms with Gasteiger partial charge in [0.1, 0.15) is 0 Å². The first-order valence-electron chi connectivity index (χ1n) is 7.45. The van der Waals surface area contributed by atoms with Crippen LogP contribution in [0.25, 0.3) is 0 Å². The summed E-state index contributed by atoms with van der Waals surface area (Å²) in [5.74, 6) is 5.73. The zero-order chi connectivity index (χ0) is 14.5. The molecule has 1 fully saturated rings. The number of rotatable bonds is 7. The topological polar surface area (TPSA) is 58.4 Å². The van der Waals surface area contributed by atoms with Crippen LogP contribution in [0.5, 0.6) is 0 Å². The van der Waals surface area contributed by atoms with E-state index < -0.39 is 0 Å². The maximum atomic E-state index is 11.5. The molecule has 20 heavy (non-hydrogen) atoms. The number of nitrogens with one attached hydrogen (secondary N) is 1. The van der Waals surface area contributed by atoms with Crippen LogP contribution in [0.15, 0.2) is 24.3 Å². The molecule has 1 amide bonds. The summed E-state index contributed by atoms with van der Waals surface area (Å²) in [4.78, 5) is 14.0. The quantitative estimate of drug-likeness (QED) is 0.455. The molecule has 1 aliphatic carbocycles. The lowest BCUT2D eigenvalue weighted by atomic mass is 9.99. The fraction of sp³-hybridized carbons (Fsp3) is 0.562. The van der Waals surface area contributed by atoms with Gasteiger partial charge in [0.2, 0.25) is 5.91 Å². The van der Waals surface area contributed by atoms with E-state index in [2.05, 4.69) is 29.4 Å². The molecule has 0 spiro atoms. The first-order valence-corrected chi connectivity index (χ1v) is 7.45. The minimum absolute atomic E-state index is 0.151. The van der Waals surface area contributed by atoms with Crippen molar-refractivity contribution in [2.24, 2.45) is 11.8 Å². The third kappa shape index (κ3) is 4.05. The first kappa shape index (κ1) is 15.0. The molecule has 1 saturated carbocycles. The Balaban J connectivity index is 1.94. The van der Waals surface area contributed by atoms with Crippen LogP contribution in [-0.2, 0) is 11.3 Å². The zero-order valence-electron chi connectivity index (χ0n) is 12.4. The van der Waals surface area contributed by atoms with Crippen molar-refractivity contribution < 1.29 is 4.79 Å². The fourth-order valence-corrected chi connectivity index (χ4v) is 2.42. The van der Waals surface area contributed by atoms with Crippen LogP contribution in [0, 0.1) is 5.92 Å². The molecule has 3 N–H and O–H groups in total. The van der Waals surface area contributed by atoms with E-state index in [1.807, 2.05) is 19.1 Å². The number of benzene rings is 1. The predicted octanol–water partition coefficient (Wildman–Crippen LogP) is 2.01. The molecule has 4 nitrogen and oxygen atoms in total. The van der Waals surface area contributed by atoms with Gasteiger partial charge in [-0.25, -0.2) is 5.84 Å². The van der Waals surface area contributed by atoms with Crippen molar-refractivity contribution in [3.63, 3.8) is 0 Å². The van der Waals surface area contributed by atoms with Crippen molar-refractivity contribution in [1.82, 2.24) is 10.3 Å². The van der Waals surface area contributed by atoms with Gasteiger partial charge >= 0.3 is 0 Å². The molecule has 1 aromatic carbocycles. The van der Waals surface area contributed by atoms with Crippen LogP contribution >= 0.6 is 0 Å². The number of hydrogen-bond acceptors (Lipinski definition) is 3. The summed E-state index contributed by atoms with van der Waals surface area (Å²) in [6, 6.07) is 8.29. The largest absolute Gasteiger partial charge is 0.299 e. The highest BCUT2D eigenvalue weighted by Gasteiger charge is 2.23. The second-order valence-electron chi connectivity index (χ2n) is 5.74. The highest BCUT2D eigenvalue weighted by Crippen LogP contribution is 2.30. The Morgan fingerprint density at radius 1 is 1.40 bits per heavy atom. The van der Waals surface area contributed by atoms with E-state index in [9.17, 15) is 4.79 Å². The summed E-state index contributed by atoms with van der Waals surface area (Å²) in [5.41, 5.74) is 4.50. The molecule has 110 valence electrons. The van der Waals surface area contributed by atoms with E-state index in [1.54, 1.807) is 0 Å². The molecule has 0 saturated heterocycles. The van der Waals surface area contributed by atoms with Crippen molar-refractivity contribution in [3.05, 3.63) is 35.4 Å². The molecule has 1 unspecified atom stereocenters. The maximum Gasteiger partial charge on any atom is 0.241 e. The number of carbonyl (C=O) groups excluding carboxylic acids is 1. The van der Waals surface area contributed by atoms with Gasteiger partial charge < -0.3 is 0 Å². The van der Waals surface area contributed by atoms with Gasteiger partial charge in [-0.1, -0.05) is 31.2 Å². The molecule has 1 atom stereocenters. The van der Waals surface area contributed by atoms with Gasteiger partial charge in [-0.15, -0.1) is 0 Å². The summed E-state index contributed by atoms with van der Waals surface area (Å²) in [6.07, 6.45) is 2.78. The minimum Gasteiger partial charge on any atom is -0.299 e. The van der Waals surface area contributed by atoms with E-state index in [0.717, 1.165) is 24.6 Å². The van der Waals surface area contributed by atoms with Gasteiger partial charge in [0, 0.05) is 13.1 Å². The number of hydrazine groups is 1. The van der Waals surface area contributed by atoms with Gasteiger partial charge in [0.25, 0.3) is 0 Å². The van der Waals surface area contributed by atoms with Gasteiger partial charge in [-0.2, -0.15) is 0 Å². The van der Waals surface area contributed by atoms with Crippen LogP contribution in [0.1, 0.15) is 43.7 Å². The summed E-state index contributed by atoms with van der Waals surface area (Å²) in [7, 11) is 0. The van der Waals surface area contributed by atoms with Gasteiger partial charge in [0.05, 0.1) is 5.92 Å². The lowest BCUT2D eigenvalue weighted by Crippen LogP contribution is -2.33. The lowest BCUT2D eigenvalue weighted by Gasteiger charge is -2.20. The number of nitrogens with zero attached hydrogens (tertiary/aromatic N) is 1. The average Bonchev–Trinajstić information content (AvgIpc) is 3.29. The van der Waals surface area contributed by atoms with Crippen LogP contribution < -0.4 is 11.3 Å². The monoisotopic (exact) mass is 275 g/mol. The Morgan fingerprint density at radius 2 is 2.05 bits per heavy atom. The zero-order valence-corrected chi connectivity index (χ0v) is 12.4. The molecule has 1 aliphatic rings. The molecule has 1 aromatic rings. The molecule has 0 heterocycles. The van der Waals surface area contributed by atoms with Crippen molar-refractivity contribution >= 4 is 5.91 Å².